The van der Waals surface area contributed by atoms with Gasteiger partial charge in [-0.25, -0.2) is 0 Å². The van der Waals surface area contributed by atoms with Crippen LogP contribution in [-0.2, 0) is 14.4 Å². The van der Waals surface area contributed by atoms with Crippen LogP contribution in [0.3, 0.4) is 0 Å². The minimum atomic E-state index is -0.598. The Balaban J connectivity index is 2.53. The second-order valence-corrected chi connectivity index (χ2v) is 3.79. The highest BCUT2D eigenvalue weighted by Crippen LogP contribution is 2.08. The van der Waals surface area contributed by atoms with E-state index in [1.165, 1.54) is 4.90 Å². The first-order valence-corrected chi connectivity index (χ1v) is 5.30. The van der Waals surface area contributed by atoms with Gasteiger partial charge < -0.3 is 10.0 Å². The summed E-state index contributed by atoms with van der Waals surface area (Å²) in [4.78, 5) is 35.3. The Bertz CT molecular complexity index is 303. The van der Waals surface area contributed by atoms with E-state index in [9.17, 15) is 14.4 Å². The molecule has 3 amide bonds. The predicted molar refractivity (Wildman–Crippen MR) is 55.3 cm³/mol. The summed E-state index contributed by atoms with van der Waals surface area (Å²) in [5.74, 6) is -1.10. The number of hydrogen-bond donors (Lipinski definition) is 2. The lowest BCUT2D eigenvalue weighted by molar-refractivity contribution is -0.149. The van der Waals surface area contributed by atoms with Gasteiger partial charge in [0.05, 0.1) is 0 Å². The van der Waals surface area contributed by atoms with Crippen LogP contribution < -0.4 is 5.32 Å². The number of nitrogens with one attached hydrogen (secondary N) is 1. The molecule has 0 saturated carbocycles. The fourth-order valence-corrected chi connectivity index (χ4v) is 1.55. The van der Waals surface area contributed by atoms with E-state index in [1.54, 1.807) is 6.92 Å². The number of hydrogen-bond acceptors (Lipinski definition) is 4. The van der Waals surface area contributed by atoms with Gasteiger partial charge in [-0.15, -0.1) is 0 Å². The molecular weight excluding hydrogens is 212 g/mol. The van der Waals surface area contributed by atoms with Crippen LogP contribution in [-0.4, -0.2) is 46.9 Å². The van der Waals surface area contributed by atoms with Gasteiger partial charge in [0, 0.05) is 13.0 Å². The van der Waals surface area contributed by atoms with E-state index < -0.39 is 17.9 Å². The lowest BCUT2D eigenvalue weighted by Crippen LogP contribution is -2.58. The number of carbonyl (C=O) groups excluding carboxylic acids is 3. The largest absolute Gasteiger partial charge is 0.396 e. The van der Waals surface area contributed by atoms with Crippen LogP contribution in [0, 0.1) is 0 Å². The van der Waals surface area contributed by atoms with Crippen molar-refractivity contribution < 1.29 is 19.5 Å². The zero-order valence-corrected chi connectivity index (χ0v) is 9.23. The van der Waals surface area contributed by atoms with Crippen molar-refractivity contribution in [2.45, 2.75) is 32.2 Å². The van der Waals surface area contributed by atoms with Gasteiger partial charge in [0.15, 0.2) is 0 Å². The SMILES string of the molecule is CC1C(=O)NC(=O)CN1C(=O)CCCCO. The number of rotatable bonds is 4. The minimum Gasteiger partial charge on any atom is -0.396 e. The number of nitrogens with zero attached hydrogens (tertiary/aromatic N) is 1. The maximum absolute atomic E-state index is 11.7. The molecule has 1 heterocycles. The molecule has 1 unspecified atom stereocenters. The fourth-order valence-electron chi connectivity index (χ4n) is 1.55. The molecule has 16 heavy (non-hydrogen) atoms. The zero-order valence-electron chi connectivity index (χ0n) is 9.23. The van der Waals surface area contributed by atoms with E-state index in [-0.39, 0.29) is 25.5 Å². The van der Waals surface area contributed by atoms with E-state index in [1.807, 2.05) is 0 Å². The first-order valence-electron chi connectivity index (χ1n) is 5.30. The van der Waals surface area contributed by atoms with Crippen molar-refractivity contribution in [2.24, 2.45) is 0 Å². The van der Waals surface area contributed by atoms with Crippen LogP contribution in [0.1, 0.15) is 26.2 Å². The Morgan fingerprint density at radius 3 is 2.81 bits per heavy atom. The van der Waals surface area contributed by atoms with Crippen LogP contribution in [0.25, 0.3) is 0 Å². The van der Waals surface area contributed by atoms with Gasteiger partial charge in [-0.1, -0.05) is 0 Å². The number of aliphatic hydroxyl groups excluding tert-OH is 1. The van der Waals surface area contributed by atoms with Crippen molar-refractivity contribution in [2.75, 3.05) is 13.2 Å². The second kappa shape index (κ2) is 5.60. The Hall–Kier alpha value is -1.43. The average molecular weight is 228 g/mol. The number of carbonyl (C=O) groups is 3. The van der Waals surface area contributed by atoms with Gasteiger partial charge in [0.25, 0.3) is 0 Å². The van der Waals surface area contributed by atoms with Gasteiger partial charge in [-0.05, 0) is 19.8 Å². The summed E-state index contributed by atoms with van der Waals surface area (Å²) in [6.45, 7) is 1.57. The third-order valence-corrected chi connectivity index (χ3v) is 2.54. The van der Waals surface area contributed by atoms with E-state index in [2.05, 4.69) is 5.32 Å². The predicted octanol–water partition coefficient (Wildman–Crippen LogP) is -0.978. The lowest BCUT2D eigenvalue weighted by atomic mass is 10.1. The van der Waals surface area contributed by atoms with Crippen molar-refractivity contribution in [3.05, 3.63) is 0 Å². The quantitative estimate of drug-likeness (QED) is 0.478. The number of imide groups is 1. The molecule has 1 rings (SSSR count). The molecule has 1 fully saturated rings. The van der Waals surface area contributed by atoms with Crippen molar-refractivity contribution in [3.8, 4) is 0 Å². The third-order valence-electron chi connectivity index (χ3n) is 2.54. The monoisotopic (exact) mass is 228 g/mol. The molecule has 0 aliphatic carbocycles. The summed E-state index contributed by atoms with van der Waals surface area (Å²) in [5.41, 5.74) is 0. The van der Waals surface area contributed by atoms with E-state index in [0.29, 0.717) is 12.8 Å². The van der Waals surface area contributed by atoms with Crippen molar-refractivity contribution in [1.82, 2.24) is 10.2 Å². The molecule has 1 saturated heterocycles. The molecule has 2 N–H and O–H groups in total. The maximum Gasteiger partial charge on any atom is 0.249 e. The highest BCUT2D eigenvalue weighted by atomic mass is 16.3. The molecular formula is C10H16N2O4. The maximum atomic E-state index is 11.7. The average Bonchev–Trinajstić information content (AvgIpc) is 2.23. The van der Waals surface area contributed by atoms with Crippen molar-refractivity contribution >= 4 is 17.7 Å². The van der Waals surface area contributed by atoms with Gasteiger partial charge in [-0.3, -0.25) is 19.7 Å². The molecule has 1 atom stereocenters. The normalized spacial score (nSPS) is 20.9. The first kappa shape index (κ1) is 12.6. The zero-order chi connectivity index (χ0) is 12.1. The van der Waals surface area contributed by atoms with Gasteiger partial charge in [0.1, 0.15) is 12.6 Å². The summed E-state index contributed by atoms with van der Waals surface area (Å²) >= 11 is 0. The first-order chi connectivity index (χ1) is 7.56. The molecule has 0 aromatic heterocycles. The van der Waals surface area contributed by atoms with Gasteiger partial charge >= 0.3 is 0 Å². The lowest BCUT2D eigenvalue weighted by Gasteiger charge is -2.31. The van der Waals surface area contributed by atoms with Gasteiger partial charge in [0.2, 0.25) is 17.7 Å². The number of amides is 3. The molecule has 90 valence electrons. The number of unbranched alkanes of at least 4 members (excludes halogenated alkanes) is 1. The van der Waals surface area contributed by atoms with Crippen LogP contribution >= 0.6 is 0 Å². The van der Waals surface area contributed by atoms with Gasteiger partial charge in [-0.2, -0.15) is 0 Å². The van der Waals surface area contributed by atoms with E-state index >= 15 is 0 Å². The molecule has 0 bridgehead atoms. The Morgan fingerprint density at radius 2 is 2.19 bits per heavy atom. The van der Waals surface area contributed by atoms with Crippen molar-refractivity contribution in [1.29, 1.82) is 0 Å². The molecule has 0 spiro atoms. The van der Waals surface area contributed by atoms with Crippen LogP contribution in [0.15, 0.2) is 0 Å². The van der Waals surface area contributed by atoms with Crippen LogP contribution in [0.5, 0.6) is 0 Å². The molecule has 0 aromatic carbocycles. The molecule has 1 aliphatic rings. The smallest absolute Gasteiger partial charge is 0.249 e. The summed E-state index contributed by atoms with van der Waals surface area (Å²) < 4.78 is 0. The molecule has 1 aliphatic heterocycles. The fraction of sp³-hybridized carbons (Fsp3) is 0.700. The molecule has 0 aromatic rings. The molecule has 0 radical (unpaired) electrons. The third kappa shape index (κ3) is 3.03. The highest BCUT2D eigenvalue weighted by Gasteiger charge is 2.32. The summed E-state index contributed by atoms with van der Waals surface area (Å²) in [5, 5.41) is 10.8. The van der Waals surface area contributed by atoms with Crippen LogP contribution in [0.4, 0.5) is 0 Å². The highest BCUT2D eigenvalue weighted by molar-refractivity contribution is 6.04. The Labute approximate surface area is 93.6 Å². The Kier molecular flexibility index (Phi) is 4.42. The summed E-state index contributed by atoms with van der Waals surface area (Å²) in [6.07, 6.45) is 1.37. The number of piperazine rings is 1. The second-order valence-electron chi connectivity index (χ2n) is 3.79. The molecule has 6 nitrogen and oxygen atoms in total. The standard InChI is InChI=1S/C10H16N2O4/c1-7-10(16)11-8(14)6-12(7)9(15)4-2-3-5-13/h7,13H,2-6H2,1H3,(H,11,14,16). The molecule has 6 heteroatoms. The summed E-state index contributed by atoms with van der Waals surface area (Å²) in [7, 11) is 0. The number of aliphatic hydroxyl groups is 1. The van der Waals surface area contributed by atoms with E-state index in [4.69, 9.17) is 5.11 Å². The van der Waals surface area contributed by atoms with E-state index in [0.717, 1.165) is 0 Å². The minimum absolute atomic E-state index is 0.0439. The van der Waals surface area contributed by atoms with Crippen LogP contribution in [0.2, 0.25) is 0 Å². The topological polar surface area (TPSA) is 86.7 Å². The van der Waals surface area contributed by atoms with Crippen molar-refractivity contribution in [3.63, 3.8) is 0 Å². The Morgan fingerprint density at radius 1 is 1.50 bits per heavy atom. The summed E-state index contributed by atoms with van der Waals surface area (Å²) in [6, 6.07) is -0.598.